The van der Waals surface area contributed by atoms with Crippen LogP contribution in [0.3, 0.4) is 0 Å². The van der Waals surface area contributed by atoms with Crippen molar-refractivity contribution in [3.05, 3.63) is 71.4 Å². The third kappa shape index (κ3) is 3.23. The van der Waals surface area contributed by atoms with Gasteiger partial charge in [0, 0.05) is 18.1 Å². The van der Waals surface area contributed by atoms with Gasteiger partial charge in [-0.1, -0.05) is 48.5 Å². The monoisotopic (exact) mass is 320 g/mol. The number of fused-ring (bicyclic) bond motifs is 1. The molecule has 0 aliphatic rings. The van der Waals surface area contributed by atoms with Gasteiger partial charge in [0.25, 0.3) is 0 Å². The second-order valence-corrected chi connectivity index (χ2v) is 5.58. The van der Waals surface area contributed by atoms with Gasteiger partial charge >= 0.3 is 5.97 Å². The van der Waals surface area contributed by atoms with Crippen LogP contribution in [0.4, 0.5) is 5.69 Å². The first-order valence-corrected chi connectivity index (χ1v) is 8.04. The largest absolute Gasteiger partial charge is 0.462 e. The lowest BCUT2D eigenvalue weighted by atomic mass is 10.1. The number of aromatic nitrogens is 1. The average molecular weight is 320 g/mol. The number of nitrogens with zero attached hydrogens (tertiary/aromatic N) is 1. The molecule has 3 aromatic rings. The summed E-state index contributed by atoms with van der Waals surface area (Å²) in [6.45, 7) is 4.77. The molecule has 2 aromatic carbocycles. The normalized spacial score (nSPS) is 10.6. The van der Waals surface area contributed by atoms with Crippen LogP contribution in [0, 0.1) is 6.92 Å². The van der Waals surface area contributed by atoms with Crippen molar-refractivity contribution < 1.29 is 9.53 Å². The minimum Gasteiger partial charge on any atom is -0.462 e. The topological polar surface area (TPSA) is 51.2 Å². The van der Waals surface area contributed by atoms with Gasteiger partial charge in [-0.2, -0.15) is 0 Å². The number of esters is 1. The minimum absolute atomic E-state index is 0.336. The van der Waals surface area contributed by atoms with Crippen molar-refractivity contribution in [2.45, 2.75) is 20.4 Å². The highest BCUT2D eigenvalue weighted by molar-refractivity contribution is 6.05. The zero-order valence-corrected chi connectivity index (χ0v) is 13.9. The molecule has 0 spiro atoms. The Labute approximate surface area is 141 Å². The summed E-state index contributed by atoms with van der Waals surface area (Å²) >= 11 is 0. The highest BCUT2D eigenvalue weighted by atomic mass is 16.5. The van der Waals surface area contributed by atoms with E-state index in [0.29, 0.717) is 18.7 Å². The van der Waals surface area contributed by atoms with Gasteiger partial charge in [0.05, 0.1) is 17.8 Å². The molecule has 4 heteroatoms. The first-order valence-electron chi connectivity index (χ1n) is 8.04. The quantitative estimate of drug-likeness (QED) is 0.711. The number of pyridine rings is 1. The molecule has 0 aliphatic carbocycles. The van der Waals surface area contributed by atoms with Gasteiger partial charge in [0.1, 0.15) is 5.56 Å². The summed E-state index contributed by atoms with van der Waals surface area (Å²) < 4.78 is 5.18. The van der Waals surface area contributed by atoms with E-state index in [9.17, 15) is 4.79 Å². The van der Waals surface area contributed by atoms with Crippen LogP contribution in [0.15, 0.2) is 54.7 Å². The van der Waals surface area contributed by atoms with E-state index in [1.54, 1.807) is 13.1 Å². The Balaban J connectivity index is 2.05. The Hall–Kier alpha value is -2.88. The molecule has 1 heterocycles. The zero-order valence-electron chi connectivity index (χ0n) is 13.9. The molecule has 0 saturated carbocycles. The average Bonchev–Trinajstić information content (AvgIpc) is 2.61. The molecule has 0 amide bonds. The SMILES string of the molecule is CCOC(=O)c1cnc2c(C)cccc2c1NCc1ccccc1. The van der Waals surface area contributed by atoms with E-state index in [-0.39, 0.29) is 5.97 Å². The number of hydrogen-bond donors (Lipinski definition) is 1. The Morgan fingerprint density at radius 2 is 1.92 bits per heavy atom. The van der Waals surface area contributed by atoms with Gasteiger partial charge in [-0.3, -0.25) is 4.98 Å². The Morgan fingerprint density at radius 3 is 2.67 bits per heavy atom. The van der Waals surface area contributed by atoms with Gasteiger partial charge in [0.15, 0.2) is 0 Å². The fourth-order valence-electron chi connectivity index (χ4n) is 2.71. The summed E-state index contributed by atoms with van der Waals surface area (Å²) in [5.74, 6) is -0.357. The van der Waals surface area contributed by atoms with Gasteiger partial charge in [0.2, 0.25) is 0 Å². The summed E-state index contributed by atoms with van der Waals surface area (Å²) in [6.07, 6.45) is 1.60. The van der Waals surface area contributed by atoms with Crippen LogP contribution in [0.5, 0.6) is 0 Å². The second kappa shape index (κ2) is 7.13. The van der Waals surface area contributed by atoms with Crippen LogP contribution in [0.2, 0.25) is 0 Å². The van der Waals surface area contributed by atoms with Crippen molar-refractivity contribution in [3.8, 4) is 0 Å². The summed E-state index contributed by atoms with van der Waals surface area (Å²) in [6, 6.07) is 16.0. The van der Waals surface area contributed by atoms with Crippen LogP contribution in [0.25, 0.3) is 10.9 Å². The van der Waals surface area contributed by atoms with E-state index in [1.165, 1.54) is 0 Å². The first-order chi connectivity index (χ1) is 11.7. The van der Waals surface area contributed by atoms with E-state index >= 15 is 0 Å². The number of anilines is 1. The van der Waals surface area contributed by atoms with E-state index in [2.05, 4.69) is 10.3 Å². The standard InChI is InChI=1S/C20H20N2O2/c1-3-24-20(23)17-13-22-18-14(2)8-7-11-16(18)19(17)21-12-15-9-5-4-6-10-15/h4-11,13H,3,12H2,1-2H3,(H,21,22). The lowest BCUT2D eigenvalue weighted by Gasteiger charge is -2.15. The maximum atomic E-state index is 12.3. The summed E-state index contributed by atoms with van der Waals surface area (Å²) in [5.41, 5.74) is 4.34. The van der Waals surface area contributed by atoms with Crippen molar-refractivity contribution >= 4 is 22.6 Å². The highest BCUT2D eigenvalue weighted by Crippen LogP contribution is 2.29. The zero-order chi connectivity index (χ0) is 16.9. The van der Waals surface area contributed by atoms with E-state index < -0.39 is 0 Å². The molecule has 0 bridgehead atoms. The number of carbonyl (C=O) groups excluding carboxylic acids is 1. The van der Waals surface area contributed by atoms with Crippen molar-refractivity contribution in [1.82, 2.24) is 4.98 Å². The van der Waals surface area contributed by atoms with E-state index in [4.69, 9.17) is 4.74 Å². The number of nitrogens with one attached hydrogen (secondary N) is 1. The Kier molecular flexibility index (Phi) is 4.75. The molecule has 1 aromatic heterocycles. The minimum atomic E-state index is -0.357. The van der Waals surface area contributed by atoms with Gasteiger partial charge in [-0.15, -0.1) is 0 Å². The molecular weight excluding hydrogens is 300 g/mol. The lowest BCUT2D eigenvalue weighted by molar-refractivity contribution is 0.0527. The van der Waals surface area contributed by atoms with E-state index in [1.807, 2.05) is 55.5 Å². The maximum Gasteiger partial charge on any atom is 0.341 e. The van der Waals surface area contributed by atoms with Crippen molar-refractivity contribution in [2.75, 3.05) is 11.9 Å². The Bertz CT molecular complexity index is 860. The second-order valence-electron chi connectivity index (χ2n) is 5.58. The highest BCUT2D eigenvalue weighted by Gasteiger charge is 2.17. The van der Waals surface area contributed by atoms with Crippen molar-refractivity contribution in [1.29, 1.82) is 0 Å². The molecule has 0 radical (unpaired) electrons. The predicted molar refractivity (Wildman–Crippen MR) is 96.2 cm³/mol. The smallest absolute Gasteiger partial charge is 0.341 e. The number of carbonyl (C=O) groups is 1. The molecule has 1 N–H and O–H groups in total. The molecule has 0 atom stereocenters. The van der Waals surface area contributed by atoms with Gasteiger partial charge < -0.3 is 10.1 Å². The molecular formula is C20H20N2O2. The molecule has 0 aliphatic heterocycles. The fraction of sp³-hybridized carbons (Fsp3) is 0.200. The third-order valence-corrected chi connectivity index (χ3v) is 3.91. The van der Waals surface area contributed by atoms with Crippen LogP contribution in [-0.2, 0) is 11.3 Å². The number of para-hydroxylation sites is 1. The molecule has 24 heavy (non-hydrogen) atoms. The summed E-state index contributed by atoms with van der Waals surface area (Å²) in [5, 5.41) is 4.33. The maximum absolute atomic E-state index is 12.3. The predicted octanol–water partition coefficient (Wildman–Crippen LogP) is 4.33. The lowest BCUT2D eigenvalue weighted by Crippen LogP contribution is -2.11. The van der Waals surface area contributed by atoms with E-state index in [0.717, 1.165) is 27.7 Å². The van der Waals surface area contributed by atoms with Crippen molar-refractivity contribution in [3.63, 3.8) is 0 Å². The molecule has 0 fully saturated rings. The number of ether oxygens (including phenoxy) is 1. The Morgan fingerprint density at radius 1 is 1.12 bits per heavy atom. The van der Waals surface area contributed by atoms with Gasteiger partial charge in [-0.25, -0.2) is 4.79 Å². The van der Waals surface area contributed by atoms with Crippen LogP contribution >= 0.6 is 0 Å². The van der Waals surface area contributed by atoms with Crippen LogP contribution < -0.4 is 5.32 Å². The first kappa shape index (κ1) is 16.0. The molecule has 0 saturated heterocycles. The molecule has 4 nitrogen and oxygen atoms in total. The van der Waals surface area contributed by atoms with Gasteiger partial charge in [-0.05, 0) is 25.0 Å². The summed E-state index contributed by atoms with van der Waals surface area (Å²) in [7, 11) is 0. The van der Waals surface area contributed by atoms with Crippen molar-refractivity contribution in [2.24, 2.45) is 0 Å². The summed E-state index contributed by atoms with van der Waals surface area (Å²) in [4.78, 5) is 16.8. The molecule has 0 unspecified atom stereocenters. The number of benzene rings is 2. The van der Waals surface area contributed by atoms with Crippen LogP contribution in [-0.4, -0.2) is 17.6 Å². The number of rotatable bonds is 5. The number of aryl methyl sites for hydroxylation is 1. The number of hydrogen-bond acceptors (Lipinski definition) is 4. The molecule has 122 valence electrons. The third-order valence-electron chi connectivity index (χ3n) is 3.91. The molecule has 3 rings (SSSR count). The van der Waals surface area contributed by atoms with Crippen LogP contribution in [0.1, 0.15) is 28.4 Å². The fourth-order valence-corrected chi connectivity index (χ4v) is 2.71.